The highest BCUT2D eigenvalue weighted by molar-refractivity contribution is 7.89. The van der Waals surface area contributed by atoms with Gasteiger partial charge in [0.2, 0.25) is 10.0 Å². The van der Waals surface area contributed by atoms with Crippen molar-refractivity contribution in [2.24, 2.45) is 0 Å². The lowest BCUT2D eigenvalue weighted by Crippen LogP contribution is -2.51. The number of nitro groups is 1. The molecule has 1 heterocycles. The number of nitro benzene ring substituents is 1. The van der Waals surface area contributed by atoms with Crippen LogP contribution in [-0.4, -0.2) is 43.3 Å². The van der Waals surface area contributed by atoms with Gasteiger partial charge in [0.25, 0.3) is 5.69 Å². The van der Waals surface area contributed by atoms with Gasteiger partial charge in [-0.25, -0.2) is 8.42 Å². The topological polar surface area (TPSA) is 92.6 Å². The van der Waals surface area contributed by atoms with Gasteiger partial charge in [-0.05, 0) is 19.9 Å². The second kappa shape index (κ2) is 6.69. The van der Waals surface area contributed by atoms with Gasteiger partial charge in [-0.1, -0.05) is 6.07 Å². The lowest BCUT2D eigenvalue weighted by molar-refractivity contribution is -0.385. The molecule has 0 spiro atoms. The highest BCUT2D eigenvalue weighted by Gasteiger charge is 2.29. The van der Waals surface area contributed by atoms with Crippen molar-refractivity contribution in [3.05, 3.63) is 33.9 Å². The average molecular weight is 336 g/mol. The Morgan fingerprint density at radius 1 is 1.43 bits per heavy atom. The fourth-order valence-corrected chi connectivity index (χ4v) is 3.76. The van der Waals surface area contributed by atoms with E-state index in [4.69, 9.17) is 0 Å². The number of hydrogen-bond acceptors (Lipinski definition) is 5. The second-order valence-corrected chi connectivity index (χ2v) is 6.86. The molecule has 0 aliphatic carbocycles. The van der Waals surface area contributed by atoms with Crippen LogP contribution in [0.5, 0.6) is 0 Å². The molecular weight excluding hydrogens is 318 g/mol. The number of halogens is 1. The Labute approximate surface area is 129 Å². The Morgan fingerprint density at radius 2 is 2.10 bits per heavy atom. The van der Waals surface area contributed by atoms with E-state index < -0.39 is 14.9 Å². The van der Waals surface area contributed by atoms with Crippen molar-refractivity contribution in [1.82, 2.24) is 9.62 Å². The molecule has 9 heteroatoms. The molecule has 1 aromatic carbocycles. The van der Waals surface area contributed by atoms with Gasteiger partial charge in [-0.15, -0.1) is 12.4 Å². The predicted octanol–water partition coefficient (Wildman–Crippen LogP) is 1.31. The summed E-state index contributed by atoms with van der Waals surface area (Å²) in [6.45, 7) is 4.80. The minimum absolute atomic E-state index is 0. The predicted molar refractivity (Wildman–Crippen MR) is 81.3 cm³/mol. The Balaban J connectivity index is 0.00000220. The van der Waals surface area contributed by atoms with Crippen molar-refractivity contribution >= 4 is 28.1 Å². The van der Waals surface area contributed by atoms with Gasteiger partial charge in [-0.2, -0.15) is 4.31 Å². The van der Waals surface area contributed by atoms with Crippen molar-refractivity contribution in [2.45, 2.75) is 24.8 Å². The number of nitrogens with zero attached hydrogens (tertiary/aromatic N) is 2. The Bertz CT molecular complexity index is 635. The van der Waals surface area contributed by atoms with E-state index in [9.17, 15) is 18.5 Å². The van der Waals surface area contributed by atoms with Gasteiger partial charge in [0.15, 0.2) is 0 Å². The van der Waals surface area contributed by atoms with E-state index in [1.165, 1.54) is 16.4 Å². The van der Waals surface area contributed by atoms with Crippen LogP contribution >= 0.6 is 12.4 Å². The summed E-state index contributed by atoms with van der Waals surface area (Å²) >= 11 is 0. The highest BCUT2D eigenvalue weighted by atomic mass is 35.5. The van der Waals surface area contributed by atoms with Crippen LogP contribution in [0.2, 0.25) is 0 Å². The summed E-state index contributed by atoms with van der Waals surface area (Å²) in [5.74, 6) is 0. The van der Waals surface area contributed by atoms with Crippen LogP contribution in [0.4, 0.5) is 5.69 Å². The standard InChI is InChI=1S/C12H17N3O4S.ClH/c1-9-3-4-11(7-12(9)15(16)17)20(18,19)14-6-5-13-10(2)8-14;/h3-4,7,10,13H,5-6,8H2,1-2H3;1H/t10-;/m1./s1. The van der Waals surface area contributed by atoms with Crippen LogP contribution in [0.25, 0.3) is 0 Å². The van der Waals surface area contributed by atoms with Gasteiger partial charge in [0.1, 0.15) is 0 Å². The molecule has 0 unspecified atom stereocenters. The smallest absolute Gasteiger partial charge is 0.273 e. The molecule has 0 radical (unpaired) electrons. The largest absolute Gasteiger partial charge is 0.312 e. The van der Waals surface area contributed by atoms with Crippen molar-refractivity contribution in [3.8, 4) is 0 Å². The zero-order valence-electron chi connectivity index (χ0n) is 11.8. The van der Waals surface area contributed by atoms with Crippen molar-refractivity contribution < 1.29 is 13.3 Å². The lowest BCUT2D eigenvalue weighted by atomic mass is 10.2. The Morgan fingerprint density at radius 3 is 2.67 bits per heavy atom. The first-order valence-electron chi connectivity index (χ1n) is 6.31. The van der Waals surface area contributed by atoms with E-state index in [-0.39, 0.29) is 29.0 Å². The van der Waals surface area contributed by atoms with Crippen LogP contribution in [0.3, 0.4) is 0 Å². The molecule has 118 valence electrons. The molecule has 21 heavy (non-hydrogen) atoms. The molecule has 0 bridgehead atoms. The molecule has 0 amide bonds. The zero-order chi connectivity index (χ0) is 14.9. The third-order valence-electron chi connectivity index (χ3n) is 3.35. The molecule has 0 aromatic heterocycles. The molecule has 1 atom stereocenters. The SMILES string of the molecule is Cc1ccc(S(=O)(=O)N2CCN[C@H](C)C2)cc1[N+](=O)[O-].Cl. The van der Waals surface area contributed by atoms with E-state index in [0.29, 0.717) is 25.2 Å². The van der Waals surface area contributed by atoms with Crippen molar-refractivity contribution in [1.29, 1.82) is 0 Å². The molecule has 1 saturated heterocycles. The molecular formula is C12H18ClN3O4S. The number of nitrogens with one attached hydrogen (secondary N) is 1. The number of rotatable bonds is 3. The molecule has 0 saturated carbocycles. The minimum atomic E-state index is -3.68. The second-order valence-electron chi connectivity index (χ2n) is 4.92. The molecule has 7 nitrogen and oxygen atoms in total. The van der Waals surface area contributed by atoms with E-state index in [1.54, 1.807) is 6.92 Å². The first-order chi connectivity index (χ1) is 9.32. The molecule has 2 rings (SSSR count). The number of hydrogen-bond donors (Lipinski definition) is 1. The summed E-state index contributed by atoms with van der Waals surface area (Å²) in [7, 11) is -3.68. The minimum Gasteiger partial charge on any atom is -0.312 e. The van der Waals surface area contributed by atoms with Crippen LogP contribution in [0.15, 0.2) is 23.1 Å². The van der Waals surface area contributed by atoms with Crippen molar-refractivity contribution in [3.63, 3.8) is 0 Å². The maximum atomic E-state index is 12.5. The molecule has 1 aliphatic rings. The number of sulfonamides is 1. The van der Waals surface area contributed by atoms with Crippen molar-refractivity contribution in [2.75, 3.05) is 19.6 Å². The Kier molecular flexibility index (Phi) is 5.68. The number of piperazine rings is 1. The summed E-state index contributed by atoms with van der Waals surface area (Å²) in [4.78, 5) is 10.3. The molecule has 1 aromatic rings. The first kappa shape index (κ1) is 17.8. The fraction of sp³-hybridized carbons (Fsp3) is 0.500. The van der Waals surface area contributed by atoms with Crippen LogP contribution in [0.1, 0.15) is 12.5 Å². The third kappa shape index (κ3) is 3.70. The zero-order valence-corrected chi connectivity index (χ0v) is 13.4. The van der Waals surface area contributed by atoms with E-state index in [2.05, 4.69) is 5.32 Å². The maximum absolute atomic E-state index is 12.5. The van der Waals surface area contributed by atoms with Gasteiger partial charge >= 0.3 is 0 Å². The first-order valence-corrected chi connectivity index (χ1v) is 7.75. The third-order valence-corrected chi connectivity index (χ3v) is 5.21. The maximum Gasteiger partial charge on any atom is 0.273 e. The van der Waals surface area contributed by atoms with E-state index in [0.717, 1.165) is 6.07 Å². The average Bonchev–Trinajstić information content (AvgIpc) is 2.38. The normalized spacial score (nSPS) is 19.8. The fourth-order valence-electron chi connectivity index (χ4n) is 2.21. The monoisotopic (exact) mass is 335 g/mol. The van der Waals surface area contributed by atoms with Gasteiger partial charge in [0.05, 0.1) is 9.82 Å². The Hall–Kier alpha value is -1.22. The summed E-state index contributed by atoms with van der Waals surface area (Å²) in [5, 5.41) is 14.1. The molecule has 1 N–H and O–H groups in total. The lowest BCUT2D eigenvalue weighted by Gasteiger charge is -2.30. The quantitative estimate of drug-likeness (QED) is 0.664. The van der Waals surface area contributed by atoms with Gasteiger partial charge < -0.3 is 5.32 Å². The number of benzene rings is 1. The van der Waals surface area contributed by atoms with Gasteiger partial charge in [0, 0.05) is 37.3 Å². The highest BCUT2D eigenvalue weighted by Crippen LogP contribution is 2.25. The van der Waals surface area contributed by atoms with E-state index in [1.807, 2.05) is 6.92 Å². The summed E-state index contributed by atoms with van der Waals surface area (Å²) in [6.07, 6.45) is 0. The summed E-state index contributed by atoms with van der Waals surface area (Å²) in [5.41, 5.74) is 0.275. The van der Waals surface area contributed by atoms with E-state index >= 15 is 0 Å². The van der Waals surface area contributed by atoms with Gasteiger partial charge in [-0.3, -0.25) is 10.1 Å². The van der Waals surface area contributed by atoms with Crippen LogP contribution in [-0.2, 0) is 10.0 Å². The summed E-state index contributed by atoms with van der Waals surface area (Å²) in [6, 6.07) is 4.09. The van der Waals surface area contributed by atoms with Crippen LogP contribution < -0.4 is 5.32 Å². The number of aryl methyl sites for hydroxylation is 1. The molecule has 1 aliphatic heterocycles. The molecule has 1 fully saturated rings. The summed E-state index contributed by atoms with van der Waals surface area (Å²) < 4.78 is 26.4. The van der Waals surface area contributed by atoms with Crippen LogP contribution in [0, 0.1) is 17.0 Å².